The monoisotopic (exact) mass is 519 g/mol. The summed E-state index contributed by atoms with van der Waals surface area (Å²) in [4.78, 5) is 11.6. The van der Waals surface area contributed by atoms with Crippen LogP contribution < -0.4 is 5.32 Å². The number of piperidine rings is 1. The Morgan fingerprint density at radius 1 is 1.03 bits per heavy atom. The summed E-state index contributed by atoms with van der Waals surface area (Å²) >= 11 is 0. The summed E-state index contributed by atoms with van der Waals surface area (Å²) in [6, 6.07) is 10.5. The molecule has 2 aromatic carbocycles. The Balaban J connectivity index is 1.89. The molecule has 5 nitrogen and oxygen atoms in total. The van der Waals surface area contributed by atoms with Crippen LogP contribution in [0.3, 0.4) is 0 Å². The number of quaternary nitrogens is 1. The second-order valence-electron chi connectivity index (χ2n) is 9.45. The van der Waals surface area contributed by atoms with Crippen molar-refractivity contribution < 1.29 is 41.3 Å². The Labute approximate surface area is 205 Å². The first-order valence-corrected chi connectivity index (χ1v) is 11.7. The molecule has 0 aromatic heterocycles. The quantitative estimate of drug-likeness (QED) is 0.270. The van der Waals surface area contributed by atoms with Crippen LogP contribution in [-0.4, -0.2) is 23.6 Å². The number of ether oxygens (including phenoxy) is 1. The van der Waals surface area contributed by atoms with E-state index in [9.17, 15) is 36.5 Å². The number of halogens is 6. The first-order valence-electron chi connectivity index (χ1n) is 11.7. The van der Waals surface area contributed by atoms with Gasteiger partial charge in [-0.15, -0.1) is 0 Å². The third-order valence-corrected chi connectivity index (χ3v) is 7.03. The van der Waals surface area contributed by atoms with Gasteiger partial charge in [-0.1, -0.05) is 37.3 Å². The van der Waals surface area contributed by atoms with E-state index in [0.29, 0.717) is 31.4 Å². The average molecular weight is 520 g/mol. The van der Waals surface area contributed by atoms with Gasteiger partial charge < -0.3 is 10.1 Å². The number of nitrogens with zero attached hydrogens (tertiary/aromatic N) is 1. The predicted molar refractivity (Wildman–Crippen MR) is 120 cm³/mol. The molecule has 3 rings (SSSR count). The fourth-order valence-electron chi connectivity index (χ4n) is 4.83. The van der Waals surface area contributed by atoms with Crippen molar-refractivity contribution in [3.8, 4) is 0 Å². The molecule has 0 bridgehead atoms. The number of rotatable bonds is 8. The van der Waals surface area contributed by atoms with Gasteiger partial charge in [-0.3, -0.25) is 10.1 Å². The van der Waals surface area contributed by atoms with Crippen LogP contribution in [-0.2, 0) is 22.6 Å². The molecule has 1 aliphatic rings. The molecule has 2 N–H and O–H groups in total. The topological polar surface area (TPSA) is 69.0 Å². The van der Waals surface area contributed by atoms with Crippen molar-refractivity contribution in [3.63, 3.8) is 0 Å². The van der Waals surface area contributed by atoms with Crippen molar-refractivity contribution in [2.45, 2.75) is 69.1 Å². The van der Waals surface area contributed by atoms with E-state index < -0.39 is 40.7 Å². The largest absolute Gasteiger partial charge is 0.416 e. The maximum Gasteiger partial charge on any atom is 0.416 e. The molecule has 0 unspecified atom stereocenters. The molecule has 3 atom stereocenters. The van der Waals surface area contributed by atoms with Gasteiger partial charge in [-0.25, -0.2) is 0 Å². The van der Waals surface area contributed by atoms with Gasteiger partial charge >= 0.3 is 12.4 Å². The Morgan fingerprint density at radius 3 is 2.06 bits per heavy atom. The summed E-state index contributed by atoms with van der Waals surface area (Å²) < 4.78 is 85.7. The summed E-state index contributed by atoms with van der Waals surface area (Å²) in [6.45, 7) is 3.41. The number of hydrogen-bond donors (Lipinski definition) is 1. The lowest BCUT2D eigenvalue weighted by atomic mass is 9.75. The lowest BCUT2D eigenvalue weighted by Gasteiger charge is -2.40. The maximum atomic E-state index is 13.3. The third kappa shape index (κ3) is 6.00. The zero-order valence-corrected chi connectivity index (χ0v) is 20.0. The van der Waals surface area contributed by atoms with E-state index in [4.69, 9.17) is 4.74 Å². The highest BCUT2D eigenvalue weighted by atomic mass is 19.4. The summed E-state index contributed by atoms with van der Waals surface area (Å²) in [5, 5.41) is 13.7. The van der Waals surface area contributed by atoms with Crippen molar-refractivity contribution in [3.05, 3.63) is 80.9 Å². The van der Waals surface area contributed by atoms with Crippen LogP contribution >= 0.6 is 0 Å². The fraction of sp³-hybridized carbons (Fsp3) is 0.520. The van der Waals surface area contributed by atoms with Crippen molar-refractivity contribution in [1.82, 2.24) is 0 Å². The van der Waals surface area contributed by atoms with Crippen LogP contribution in [0.15, 0.2) is 48.5 Å². The minimum Gasteiger partial charge on any atom is -0.367 e. The van der Waals surface area contributed by atoms with Gasteiger partial charge in [0.1, 0.15) is 18.7 Å². The molecule has 198 valence electrons. The summed E-state index contributed by atoms with van der Waals surface area (Å²) in [7, 11) is 0. The van der Waals surface area contributed by atoms with E-state index in [1.54, 1.807) is 12.1 Å². The van der Waals surface area contributed by atoms with E-state index in [2.05, 4.69) is 0 Å². The highest BCUT2D eigenvalue weighted by molar-refractivity contribution is 5.34. The van der Waals surface area contributed by atoms with Crippen LogP contribution in [0.5, 0.6) is 0 Å². The molecule has 0 radical (unpaired) electrons. The first-order chi connectivity index (χ1) is 16.7. The van der Waals surface area contributed by atoms with E-state index in [0.717, 1.165) is 5.56 Å². The van der Waals surface area contributed by atoms with Gasteiger partial charge in [-0.05, 0) is 37.1 Å². The number of hydrogen-bond acceptors (Lipinski definition) is 3. The number of nitrogens with two attached hydrogens (primary N) is 1. The predicted octanol–water partition coefficient (Wildman–Crippen LogP) is 5.87. The van der Waals surface area contributed by atoms with E-state index in [1.165, 1.54) is 6.92 Å². The summed E-state index contributed by atoms with van der Waals surface area (Å²) in [5.74, 6) is 0. The molecule has 0 spiro atoms. The Kier molecular flexibility index (Phi) is 8.04. The molecule has 0 amide bonds. The summed E-state index contributed by atoms with van der Waals surface area (Å²) in [5.41, 5.74) is -4.09. The molecule has 36 heavy (non-hydrogen) atoms. The van der Waals surface area contributed by atoms with Gasteiger partial charge in [0.25, 0.3) is 5.54 Å². The standard InChI is InChI=1S/C25H28F6N2O3/c1-3-9-22(33(34)35)10-11-23(32-15-22,19-7-5-4-6-8-19)16-36-17(2)18-12-20(24(26,27)28)14-21(13-18)25(29,30)31/h4-8,12-14,17,32H,3,9-11,15-16H2,1-2H3/p+1/t17-,22+,23-/m1/s1. The lowest BCUT2D eigenvalue weighted by molar-refractivity contribution is -0.788. The molecule has 1 aliphatic heterocycles. The van der Waals surface area contributed by atoms with E-state index in [-0.39, 0.29) is 36.1 Å². The van der Waals surface area contributed by atoms with Crippen LogP contribution in [0.25, 0.3) is 0 Å². The Bertz CT molecular complexity index is 1020. The minimum absolute atomic E-state index is 0.0459. The molecule has 0 aliphatic carbocycles. The summed E-state index contributed by atoms with van der Waals surface area (Å²) in [6.07, 6.45) is -9.31. The SMILES string of the molecule is CCC[C@]1([N+](=O)[O-])CC[C@@](CO[C@H](C)c2cc(C(F)(F)F)cc(C(F)(F)F)c2)(c2ccccc2)[NH2+]C1. The second-order valence-corrected chi connectivity index (χ2v) is 9.45. The van der Waals surface area contributed by atoms with Gasteiger partial charge in [0.2, 0.25) is 0 Å². The average Bonchev–Trinajstić information content (AvgIpc) is 2.83. The molecular weight excluding hydrogens is 490 g/mol. The van der Waals surface area contributed by atoms with Crippen LogP contribution in [0, 0.1) is 10.1 Å². The number of alkyl halides is 6. The zero-order valence-electron chi connectivity index (χ0n) is 20.0. The van der Waals surface area contributed by atoms with Crippen molar-refractivity contribution in [2.24, 2.45) is 0 Å². The van der Waals surface area contributed by atoms with Crippen LogP contribution in [0.2, 0.25) is 0 Å². The molecule has 2 aromatic rings. The molecule has 0 saturated carbocycles. The number of benzene rings is 2. The van der Waals surface area contributed by atoms with Crippen molar-refractivity contribution >= 4 is 0 Å². The highest BCUT2D eigenvalue weighted by Gasteiger charge is 2.54. The van der Waals surface area contributed by atoms with Gasteiger partial charge in [0.05, 0.1) is 17.2 Å². The molecule has 1 heterocycles. The first kappa shape index (κ1) is 27.9. The Hall–Kier alpha value is -2.66. The maximum absolute atomic E-state index is 13.3. The second kappa shape index (κ2) is 10.4. The van der Waals surface area contributed by atoms with Crippen molar-refractivity contribution in [2.75, 3.05) is 13.2 Å². The molecule has 1 saturated heterocycles. The van der Waals surface area contributed by atoms with Crippen LogP contribution in [0.1, 0.15) is 67.9 Å². The smallest absolute Gasteiger partial charge is 0.367 e. The highest BCUT2D eigenvalue weighted by Crippen LogP contribution is 2.39. The zero-order chi connectivity index (χ0) is 26.8. The minimum atomic E-state index is -4.96. The molecule has 1 fully saturated rings. The van der Waals surface area contributed by atoms with E-state index >= 15 is 0 Å². The third-order valence-electron chi connectivity index (χ3n) is 7.03. The van der Waals surface area contributed by atoms with Gasteiger partial charge in [0.15, 0.2) is 0 Å². The van der Waals surface area contributed by atoms with Crippen LogP contribution in [0.4, 0.5) is 26.3 Å². The lowest BCUT2D eigenvalue weighted by Crippen LogP contribution is -3.01. The normalized spacial score (nSPS) is 23.9. The van der Waals surface area contributed by atoms with E-state index in [1.807, 2.05) is 30.4 Å². The van der Waals surface area contributed by atoms with Gasteiger partial charge in [0, 0.05) is 29.7 Å². The number of nitro groups is 1. The Morgan fingerprint density at radius 2 is 1.61 bits per heavy atom. The molecule has 11 heteroatoms. The fourth-order valence-corrected chi connectivity index (χ4v) is 4.83. The molecular formula is C25H29F6N2O3+. The van der Waals surface area contributed by atoms with Gasteiger partial charge in [-0.2, -0.15) is 26.3 Å². The van der Waals surface area contributed by atoms with Crippen molar-refractivity contribution in [1.29, 1.82) is 0 Å².